The molecule has 136 valence electrons. The zero-order valence-corrected chi connectivity index (χ0v) is 15.0. The molecule has 2 fully saturated rings. The van der Waals surface area contributed by atoms with Gasteiger partial charge >= 0.3 is 0 Å². The molecule has 8 heteroatoms. The van der Waals surface area contributed by atoms with E-state index in [2.05, 4.69) is 16.0 Å². The molecule has 0 aromatic carbocycles. The van der Waals surface area contributed by atoms with E-state index in [1.54, 1.807) is 18.3 Å². The number of pyridine rings is 1. The van der Waals surface area contributed by atoms with E-state index in [0.717, 1.165) is 5.82 Å². The molecule has 2 aliphatic heterocycles. The van der Waals surface area contributed by atoms with Crippen LogP contribution in [0.1, 0.15) is 18.4 Å². The molecule has 0 unspecified atom stereocenters. The third-order valence-electron chi connectivity index (χ3n) is 5.06. The van der Waals surface area contributed by atoms with Crippen LogP contribution in [0.4, 0.5) is 5.82 Å². The number of nitriles is 1. The van der Waals surface area contributed by atoms with Crippen molar-refractivity contribution in [2.24, 2.45) is 11.1 Å². The maximum absolute atomic E-state index is 13.0. The van der Waals surface area contributed by atoms with E-state index in [1.807, 2.05) is 4.90 Å². The highest BCUT2D eigenvalue weighted by Gasteiger charge is 2.42. The standard InChI is InChI=1S/C17H23N5O2.ClH/c18-12-14-1-4-20-15(11-14)21-5-7-22(8-6-21)16(23)17(13-19)2-9-24-10-3-17;/h1,4,11H,2-3,5-10,13,19H2;1H. The minimum Gasteiger partial charge on any atom is -0.381 e. The number of aromatic nitrogens is 1. The molecule has 0 atom stereocenters. The number of piperazine rings is 1. The lowest BCUT2D eigenvalue weighted by molar-refractivity contribution is -0.147. The number of carbonyl (C=O) groups is 1. The Morgan fingerprint density at radius 3 is 2.60 bits per heavy atom. The fourth-order valence-corrected chi connectivity index (χ4v) is 3.40. The molecule has 1 aromatic heterocycles. The van der Waals surface area contributed by atoms with E-state index in [9.17, 15) is 4.79 Å². The molecule has 0 saturated carbocycles. The average Bonchev–Trinajstić information content (AvgIpc) is 2.68. The van der Waals surface area contributed by atoms with Crippen LogP contribution >= 0.6 is 12.4 Å². The van der Waals surface area contributed by atoms with Crippen LogP contribution in [0.25, 0.3) is 0 Å². The van der Waals surface area contributed by atoms with Crippen LogP contribution in [-0.4, -0.2) is 61.7 Å². The van der Waals surface area contributed by atoms with Gasteiger partial charge in [-0.3, -0.25) is 4.79 Å². The lowest BCUT2D eigenvalue weighted by Crippen LogP contribution is -2.56. The maximum atomic E-state index is 13.0. The molecule has 2 N–H and O–H groups in total. The summed E-state index contributed by atoms with van der Waals surface area (Å²) in [5.74, 6) is 0.951. The number of amides is 1. The van der Waals surface area contributed by atoms with Gasteiger partial charge in [0.2, 0.25) is 5.91 Å². The van der Waals surface area contributed by atoms with E-state index < -0.39 is 5.41 Å². The van der Waals surface area contributed by atoms with Crippen molar-refractivity contribution in [3.8, 4) is 6.07 Å². The number of nitrogens with zero attached hydrogens (tertiary/aromatic N) is 4. The van der Waals surface area contributed by atoms with Gasteiger partial charge in [-0.05, 0) is 25.0 Å². The van der Waals surface area contributed by atoms with Crippen LogP contribution in [0.2, 0.25) is 0 Å². The molecular formula is C17H24ClN5O2. The number of hydrogen-bond donors (Lipinski definition) is 1. The first-order valence-electron chi connectivity index (χ1n) is 8.37. The summed E-state index contributed by atoms with van der Waals surface area (Å²) in [6, 6.07) is 5.61. The summed E-state index contributed by atoms with van der Waals surface area (Å²) in [5.41, 5.74) is 6.08. The maximum Gasteiger partial charge on any atom is 0.230 e. The average molecular weight is 366 g/mol. The number of hydrogen-bond acceptors (Lipinski definition) is 6. The summed E-state index contributed by atoms with van der Waals surface area (Å²) in [6.45, 7) is 4.32. The van der Waals surface area contributed by atoms with Gasteiger partial charge in [0.05, 0.1) is 17.0 Å². The molecule has 3 heterocycles. The Hall–Kier alpha value is -1.88. The Balaban J connectivity index is 0.00000225. The topological polar surface area (TPSA) is 95.5 Å². The number of anilines is 1. The van der Waals surface area contributed by atoms with Crippen molar-refractivity contribution in [2.75, 3.05) is 50.8 Å². The normalized spacial score (nSPS) is 19.7. The number of ether oxygens (including phenoxy) is 1. The molecule has 0 bridgehead atoms. The smallest absolute Gasteiger partial charge is 0.230 e. The zero-order chi connectivity index (χ0) is 17.0. The highest BCUT2D eigenvalue weighted by Crippen LogP contribution is 2.32. The van der Waals surface area contributed by atoms with Crippen LogP contribution in [0.15, 0.2) is 18.3 Å². The van der Waals surface area contributed by atoms with Gasteiger partial charge in [0.15, 0.2) is 0 Å². The Morgan fingerprint density at radius 2 is 2.00 bits per heavy atom. The van der Waals surface area contributed by atoms with Crippen molar-refractivity contribution in [1.29, 1.82) is 5.26 Å². The van der Waals surface area contributed by atoms with Crippen molar-refractivity contribution >= 4 is 24.1 Å². The van der Waals surface area contributed by atoms with E-state index >= 15 is 0 Å². The summed E-state index contributed by atoms with van der Waals surface area (Å²) in [6.07, 6.45) is 3.06. The molecule has 25 heavy (non-hydrogen) atoms. The first-order chi connectivity index (χ1) is 11.7. The summed E-state index contributed by atoms with van der Waals surface area (Å²) in [5, 5.41) is 9.00. The molecule has 2 saturated heterocycles. The van der Waals surface area contributed by atoms with Crippen molar-refractivity contribution in [3.63, 3.8) is 0 Å². The van der Waals surface area contributed by atoms with Gasteiger partial charge < -0.3 is 20.3 Å². The van der Waals surface area contributed by atoms with E-state index in [-0.39, 0.29) is 18.3 Å². The van der Waals surface area contributed by atoms with Crippen molar-refractivity contribution in [3.05, 3.63) is 23.9 Å². The Labute approximate surface area is 154 Å². The predicted octanol–water partition coefficient (Wildman–Crippen LogP) is 0.779. The monoisotopic (exact) mass is 365 g/mol. The highest BCUT2D eigenvalue weighted by molar-refractivity contribution is 5.85. The molecule has 1 amide bonds. The van der Waals surface area contributed by atoms with Crippen molar-refractivity contribution in [2.45, 2.75) is 12.8 Å². The third-order valence-corrected chi connectivity index (χ3v) is 5.06. The minimum absolute atomic E-state index is 0. The zero-order valence-electron chi connectivity index (χ0n) is 14.2. The third kappa shape index (κ3) is 4.03. The minimum atomic E-state index is -0.459. The first kappa shape index (κ1) is 19.4. The summed E-state index contributed by atoms with van der Waals surface area (Å²) < 4.78 is 5.39. The Bertz CT molecular complexity index is 634. The van der Waals surface area contributed by atoms with Crippen molar-refractivity contribution < 1.29 is 9.53 Å². The molecular weight excluding hydrogens is 342 g/mol. The van der Waals surface area contributed by atoms with Crippen LogP contribution < -0.4 is 10.6 Å². The van der Waals surface area contributed by atoms with Gasteiger partial charge in [-0.2, -0.15) is 5.26 Å². The summed E-state index contributed by atoms with van der Waals surface area (Å²) in [4.78, 5) is 21.3. The van der Waals surface area contributed by atoms with Crippen LogP contribution in [0.5, 0.6) is 0 Å². The van der Waals surface area contributed by atoms with Gasteiger partial charge in [-0.1, -0.05) is 0 Å². The molecule has 7 nitrogen and oxygen atoms in total. The molecule has 0 radical (unpaired) electrons. The first-order valence-corrected chi connectivity index (χ1v) is 8.37. The number of carbonyl (C=O) groups excluding carboxylic acids is 1. The largest absolute Gasteiger partial charge is 0.381 e. The van der Waals surface area contributed by atoms with E-state index in [0.29, 0.717) is 64.3 Å². The summed E-state index contributed by atoms with van der Waals surface area (Å²) in [7, 11) is 0. The second kappa shape index (κ2) is 8.48. The van der Waals surface area contributed by atoms with Crippen LogP contribution in [0, 0.1) is 16.7 Å². The van der Waals surface area contributed by atoms with Crippen LogP contribution in [0.3, 0.4) is 0 Å². The fraction of sp³-hybridized carbons (Fsp3) is 0.588. The SMILES string of the molecule is Cl.N#Cc1ccnc(N2CCN(C(=O)C3(CN)CCOCC3)CC2)c1. The molecule has 3 rings (SSSR count). The van der Waals surface area contributed by atoms with Gasteiger partial charge in [0.25, 0.3) is 0 Å². The van der Waals surface area contributed by atoms with Crippen molar-refractivity contribution in [1.82, 2.24) is 9.88 Å². The molecule has 0 aliphatic carbocycles. The van der Waals surface area contributed by atoms with Gasteiger partial charge in [-0.15, -0.1) is 12.4 Å². The lowest BCUT2D eigenvalue weighted by Gasteiger charge is -2.42. The number of nitrogens with two attached hydrogens (primary N) is 1. The molecule has 1 aromatic rings. The molecule has 0 spiro atoms. The fourth-order valence-electron chi connectivity index (χ4n) is 3.40. The number of rotatable bonds is 3. The Kier molecular flexibility index (Phi) is 6.59. The van der Waals surface area contributed by atoms with Gasteiger partial charge in [0, 0.05) is 52.1 Å². The highest BCUT2D eigenvalue weighted by atomic mass is 35.5. The second-order valence-corrected chi connectivity index (χ2v) is 6.39. The Morgan fingerprint density at radius 1 is 1.32 bits per heavy atom. The van der Waals surface area contributed by atoms with Gasteiger partial charge in [0.1, 0.15) is 5.82 Å². The summed E-state index contributed by atoms with van der Waals surface area (Å²) >= 11 is 0. The predicted molar refractivity (Wildman–Crippen MR) is 96.5 cm³/mol. The van der Waals surface area contributed by atoms with E-state index in [4.69, 9.17) is 15.7 Å². The van der Waals surface area contributed by atoms with E-state index in [1.165, 1.54) is 0 Å². The molecule has 2 aliphatic rings. The second-order valence-electron chi connectivity index (χ2n) is 6.39. The lowest BCUT2D eigenvalue weighted by atomic mass is 9.78. The quantitative estimate of drug-likeness (QED) is 0.850. The number of halogens is 1. The van der Waals surface area contributed by atoms with Crippen LogP contribution in [-0.2, 0) is 9.53 Å². The van der Waals surface area contributed by atoms with Gasteiger partial charge in [-0.25, -0.2) is 4.98 Å².